The van der Waals surface area contributed by atoms with E-state index in [4.69, 9.17) is 10.5 Å². The fourth-order valence-corrected chi connectivity index (χ4v) is 2.68. The van der Waals surface area contributed by atoms with Gasteiger partial charge in [-0.15, -0.1) is 0 Å². The van der Waals surface area contributed by atoms with Crippen LogP contribution in [0.25, 0.3) is 0 Å². The summed E-state index contributed by atoms with van der Waals surface area (Å²) in [6, 6.07) is 7.23. The molecule has 1 unspecified atom stereocenters. The molecule has 24 heavy (non-hydrogen) atoms. The number of aliphatic hydroxyl groups excluding tert-OH is 1. The van der Waals surface area contributed by atoms with Gasteiger partial charge in [0.25, 0.3) is 11.8 Å². The number of nitrogens with two attached hydrogens (primary N) is 1. The molecule has 3 rings (SSSR count). The van der Waals surface area contributed by atoms with Crippen molar-refractivity contribution in [1.29, 1.82) is 0 Å². The van der Waals surface area contributed by atoms with Crippen LogP contribution in [-0.4, -0.2) is 53.5 Å². The van der Waals surface area contributed by atoms with Gasteiger partial charge in [0.05, 0.1) is 19.4 Å². The summed E-state index contributed by atoms with van der Waals surface area (Å²) >= 11 is 0. The first-order chi connectivity index (χ1) is 11.5. The lowest BCUT2D eigenvalue weighted by atomic mass is 10.1. The standard InChI is InChI=1S/C16H20N4O4/c17-15(22)14-13(21)9-18-16(23,19-14)12-3-1-11(2-4-12)10-20-5-7-24-8-6-20/h1-4,9,19,21,23H,5-8,10H2,(H2,17,22). The Morgan fingerprint density at radius 1 is 1.33 bits per heavy atom. The van der Waals surface area contributed by atoms with Gasteiger partial charge in [0.15, 0.2) is 5.76 Å². The smallest absolute Gasteiger partial charge is 0.268 e. The number of nitrogens with zero attached hydrogens (tertiary/aromatic N) is 2. The number of rotatable bonds is 4. The third kappa shape index (κ3) is 3.40. The molecule has 0 spiro atoms. The average Bonchev–Trinajstić information content (AvgIpc) is 2.58. The first-order valence-corrected chi connectivity index (χ1v) is 7.66. The summed E-state index contributed by atoms with van der Waals surface area (Å²) in [5.74, 6) is -3.12. The maximum atomic E-state index is 11.3. The molecule has 8 heteroatoms. The SMILES string of the molecule is NC(=O)C1=C(O)C=NC(O)(c2ccc(CN3CCOCC3)cc2)N1. The number of amides is 1. The zero-order valence-corrected chi connectivity index (χ0v) is 13.1. The number of morpholine rings is 1. The highest BCUT2D eigenvalue weighted by molar-refractivity contribution is 5.98. The van der Waals surface area contributed by atoms with E-state index in [0.29, 0.717) is 5.56 Å². The van der Waals surface area contributed by atoms with Crippen LogP contribution in [0.3, 0.4) is 0 Å². The van der Waals surface area contributed by atoms with Crippen LogP contribution in [0.2, 0.25) is 0 Å². The van der Waals surface area contributed by atoms with Crippen LogP contribution < -0.4 is 11.1 Å². The van der Waals surface area contributed by atoms with Gasteiger partial charge in [0, 0.05) is 25.2 Å². The maximum Gasteiger partial charge on any atom is 0.268 e. The Hall–Kier alpha value is -2.42. The van der Waals surface area contributed by atoms with Crippen LogP contribution in [0.15, 0.2) is 40.7 Å². The number of allylic oxidation sites excluding steroid dienone is 1. The summed E-state index contributed by atoms with van der Waals surface area (Å²) in [6.07, 6.45) is 1.01. The van der Waals surface area contributed by atoms with Crippen molar-refractivity contribution in [3.63, 3.8) is 0 Å². The minimum atomic E-state index is -1.84. The van der Waals surface area contributed by atoms with E-state index in [2.05, 4.69) is 15.2 Å². The highest BCUT2D eigenvalue weighted by atomic mass is 16.5. The van der Waals surface area contributed by atoms with Crippen LogP contribution in [0, 0.1) is 0 Å². The van der Waals surface area contributed by atoms with Gasteiger partial charge in [0.1, 0.15) is 5.70 Å². The minimum Gasteiger partial charge on any atom is -0.504 e. The Bertz CT molecular complexity index is 680. The number of nitrogens with one attached hydrogen (secondary N) is 1. The summed E-state index contributed by atoms with van der Waals surface area (Å²) in [5, 5.41) is 22.7. The van der Waals surface area contributed by atoms with Crippen LogP contribution in [0.5, 0.6) is 0 Å². The van der Waals surface area contributed by atoms with E-state index in [0.717, 1.165) is 44.6 Å². The molecule has 0 radical (unpaired) electrons. The van der Waals surface area contributed by atoms with Crippen molar-refractivity contribution in [3.8, 4) is 0 Å². The zero-order chi connectivity index (χ0) is 17.2. The summed E-state index contributed by atoms with van der Waals surface area (Å²) in [4.78, 5) is 17.5. The van der Waals surface area contributed by atoms with Gasteiger partial charge in [-0.2, -0.15) is 0 Å². The third-order valence-corrected chi connectivity index (χ3v) is 4.04. The molecule has 0 bridgehead atoms. The normalized spacial score (nSPS) is 24.7. The number of hydrogen-bond donors (Lipinski definition) is 4. The monoisotopic (exact) mass is 332 g/mol. The predicted octanol–water partition coefficient (Wildman–Crippen LogP) is -0.450. The fourth-order valence-electron chi connectivity index (χ4n) is 2.68. The van der Waals surface area contributed by atoms with E-state index >= 15 is 0 Å². The largest absolute Gasteiger partial charge is 0.504 e. The van der Waals surface area contributed by atoms with Crippen molar-refractivity contribution in [3.05, 3.63) is 46.8 Å². The third-order valence-electron chi connectivity index (χ3n) is 4.04. The topological polar surface area (TPSA) is 120 Å². The molecule has 2 heterocycles. The summed E-state index contributed by atoms with van der Waals surface area (Å²) in [6.45, 7) is 4.06. The van der Waals surface area contributed by atoms with Gasteiger partial charge >= 0.3 is 0 Å². The van der Waals surface area contributed by atoms with Gasteiger partial charge in [-0.05, 0) is 5.56 Å². The van der Waals surface area contributed by atoms with E-state index < -0.39 is 17.5 Å². The van der Waals surface area contributed by atoms with E-state index in [1.807, 2.05) is 12.1 Å². The molecular weight excluding hydrogens is 312 g/mol. The molecule has 1 aromatic carbocycles. The number of aliphatic hydroxyl groups is 2. The van der Waals surface area contributed by atoms with Crippen LogP contribution in [0.1, 0.15) is 11.1 Å². The molecule has 1 saturated heterocycles. The Kier molecular flexibility index (Phi) is 4.52. The number of primary amides is 1. The van der Waals surface area contributed by atoms with Gasteiger partial charge < -0.3 is 26.0 Å². The van der Waals surface area contributed by atoms with Crippen molar-refractivity contribution in [2.24, 2.45) is 10.7 Å². The molecule has 8 nitrogen and oxygen atoms in total. The second-order valence-corrected chi connectivity index (χ2v) is 5.77. The molecule has 1 amide bonds. The lowest BCUT2D eigenvalue weighted by Gasteiger charge is -2.30. The van der Waals surface area contributed by atoms with E-state index in [1.54, 1.807) is 12.1 Å². The molecule has 1 fully saturated rings. The fraction of sp³-hybridized carbons (Fsp3) is 0.375. The second-order valence-electron chi connectivity index (χ2n) is 5.77. The van der Waals surface area contributed by atoms with Crippen molar-refractivity contribution < 1.29 is 19.7 Å². The summed E-state index contributed by atoms with van der Waals surface area (Å²) in [5.41, 5.74) is 6.44. The van der Waals surface area contributed by atoms with Crippen LogP contribution in [-0.2, 0) is 21.9 Å². The highest BCUT2D eigenvalue weighted by Gasteiger charge is 2.34. The van der Waals surface area contributed by atoms with Crippen molar-refractivity contribution in [1.82, 2.24) is 10.2 Å². The Morgan fingerprint density at radius 2 is 2.00 bits per heavy atom. The lowest BCUT2D eigenvalue weighted by Crippen LogP contribution is -2.46. The molecule has 2 aliphatic heterocycles. The first-order valence-electron chi connectivity index (χ1n) is 7.66. The Morgan fingerprint density at radius 3 is 2.62 bits per heavy atom. The summed E-state index contributed by atoms with van der Waals surface area (Å²) in [7, 11) is 0. The first kappa shape index (κ1) is 16.4. The zero-order valence-electron chi connectivity index (χ0n) is 13.1. The average molecular weight is 332 g/mol. The Balaban J connectivity index is 1.73. The van der Waals surface area contributed by atoms with Crippen molar-refractivity contribution in [2.45, 2.75) is 12.4 Å². The molecule has 2 aliphatic rings. The van der Waals surface area contributed by atoms with E-state index in [9.17, 15) is 15.0 Å². The number of carbonyl (C=O) groups excluding carboxylic acids is 1. The molecular formula is C16H20N4O4. The quantitative estimate of drug-likeness (QED) is 0.593. The van der Waals surface area contributed by atoms with E-state index in [-0.39, 0.29) is 5.70 Å². The number of carbonyl (C=O) groups is 1. The number of hydrogen-bond acceptors (Lipinski definition) is 7. The molecule has 5 N–H and O–H groups in total. The Labute approximate surface area is 139 Å². The van der Waals surface area contributed by atoms with Crippen LogP contribution >= 0.6 is 0 Å². The molecule has 0 aliphatic carbocycles. The highest BCUT2D eigenvalue weighted by Crippen LogP contribution is 2.25. The summed E-state index contributed by atoms with van der Waals surface area (Å²) < 4.78 is 5.33. The molecule has 1 atom stereocenters. The number of ether oxygens (including phenoxy) is 1. The van der Waals surface area contributed by atoms with Crippen LogP contribution in [0.4, 0.5) is 0 Å². The maximum absolute atomic E-state index is 11.3. The predicted molar refractivity (Wildman–Crippen MR) is 86.9 cm³/mol. The number of benzene rings is 1. The second kappa shape index (κ2) is 6.60. The lowest BCUT2D eigenvalue weighted by molar-refractivity contribution is -0.116. The van der Waals surface area contributed by atoms with Crippen molar-refractivity contribution >= 4 is 12.1 Å². The van der Waals surface area contributed by atoms with Gasteiger partial charge in [0.2, 0.25) is 0 Å². The molecule has 1 aromatic rings. The van der Waals surface area contributed by atoms with E-state index in [1.165, 1.54) is 0 Å². The molecule has 0 aromatic heterocycles. The van der Waals surface area contributed by atoms with Gasteiger partial charge in [-0.3, -0.25) is 9.69 Å². The molecule has 128 valence electrons. The number of aliphatic imine (C=N–C) groups is 1. The van der Waals surface area contributed by atoms with Gasteiger partial charge in [-0.25, -0.2) is 4.99 Å². The van der Waals surface area contributed by atoms with Crippen molar-refractivity contribution in [2.75, 3.05) is 26.3 Å². The van der Waals surface area contributed by atoms with Gasteiger partial charge in [-0.1, -0.05) is 24.3 Å². The minimum absolute atomic E-state index is 0.273. The molecule has 0 saturated carbocycles.